The fourth-order valence-electron chi connectivity index (χ4n) is 2.94. The third-order valence-electron chi connectivity index (χ3n) is 5.04. The second kappa shape index (κ2) is 11.3. The Labute approximate surface area is 191 Å². The maximum absolute atomic E-state index is 13.2. The third kappa shape index (κ3) is 6.81. The Bertz CT molecular complexity index is 954. The highest BCUT2D eigenvalue weighted by Crippen LogP contribution is 2.21. The van der Waals surface area contributed by atoms with Crippen LogP contribution in [0.4, 0.5) is 5.69 Å². The molecule has 32 heavy (non-hydrogen) atoms. The van der Waals surface area contributed by atoms with Crippen LogP contribution in [-0.4, -0.2) is 39.5 Å². The number of anilines is 1. The Morgan fingerprint density at radius 1 is 1.06 bits per heavy atom. The molecule has 2 rings (SSSR count). The number of rotatable bonds is 10. The van der Waals surface area contributed by atoms with Gasteiger partial charge in [-0.3, -0.25) is 9.59 Å². The molecular weight excluding hydrogens is 420 g/mol. The average molecular weight is 453 g/mol. The van der Waals surface area contributed by atoms with Gasteiger partial charge in [0.15, 0.2) is 0 Å². The molecule has 0 saturated heterocycles. The van der Waals surface area contributed by atoms with E-state index in [4.69, 9.17) is 10.1 Å². The lowest BCUT2D eigenvalue weighted by atomic mass is 10.0. The van der Waals surface area contributed by atoms with Gasteiger partial charge in [0.05, 0.1) is 15.9 Å². The van der Waals surface area contributed by atoms with Gasteiger partial charge in [-0.25, -0.2) is 0 Å². The van der Waals surface area contributed by atoms with E-state index in [9.17, 15) is 9.59 Å². The van der Waals surface area contributed by atoms with E-state index in [2.05, 4.69) is 29.0 Å². The van der Waals surface area contributed by atoms with Crippen molar-refractivity contribution in [3.05, 3.63) is 66.4 Å². The summed E-state index contributed by atoms with van der Waals surface area (Å²) in [6, 6.07) is 14.0. The number of carbonyl (C=O) groups is 2. The van der Waals surface area contributed by atoms with Gasteiger partial charge in [0.2, 0.25) is 5.91 Å². The number of nitrogens with one attached hydrogen (secondary N) is 4. The monoisotopic (exact) mass is 452 g/mol. The zero-order chi connectivity index (χ0) is 23.7. The van der Waals surface area contributed by atoms with Crippen LogP contribution in [0.25, 0.3) is 0 Å². The summed E-state index contributed by atoms with van der Waals surface area (Å²) in [7, 11) is 0.649. The van der Waals surface area contributed by atoms with E-state index in [1.807, 2.05) is 24.3 Å². The smallest absolute Gasteiger partial charge is 0.251 e. The highest BCUT2D eigenvalue weighted by Gasteiger charge is 2.31. The summed E-state index contributed by atoms with van der Waals surface area (Å²) in [5, 5.41) is 17.1. The molecule has 2 aromatic rings. The number of ether oxygens (including phenoxy) is 1. The lowest BCUT2D eigenvalue weighted by Crippen LogP contribution is -2.53. The number of amides is 2. The first-order valence-corrected chi connectivity index (χ1v) is 13.4. The van der Waals surface area contributed by atoms with Crippen molar-refractivity contribution in [1.82, 2.24) is 10.6 Å². The van der Waals surface area contributed by atoms with Crippen molar-refractivity contribution in [2.24, 2.45) is 0 Å². The van der Waals surface area contributed by atoms with Crippen LogP contribution in [0.2, 0.25) is 13.1 Å². The SMILES string of the molecule is COc1ccc(C(NC(=O)C(C)(C)N/C=C\C=N)C(=O)Nc2ccc([SiH](C)C)cc2)cc1. The molecule has 0 radical (unpaired) electrons. The highest BCUT2D eigenvalue weighted by molar-refractivity contribution is 6.70. The first-order valence-electron chi connectivity index (χ1n) is 10.5. The summed E-state index contributed by atoms with van der Waals surface area (Å²) in [5.74, 6) is -0.0420. The van der Waals surface area contributed by atoms with E-state index in [1.54, 1.807) is 45.2 Å². The topological polar surface area (TPSA) is 103 Å². The molecule has 4 N–H and O–H groups in total. The Morgan fingerprint density at radius 2 is 1.69 bits per heavy atom. The van der Waals surface area contributed by atoms with Crippen LogP contribution < -0.4 is 25.9 Å². The van der Waals surface area contributed by atoms with Crippen LogP contribution in [0.5, 0.6) is 5.75 Å². The minimum absolute atomic E-state index is 0.344. The highest BCUT2D eigenvalue weighted by atomic mass is 28.3. The summed E-state index contributed by atoms with van der Waals surface area (Å²) in [5.41, 5.74) is 0.315. The van der Waals surface area contributed by atoms with E-state index >= 15 is 0 Å². The molecule has 1 unspecified atom stereocenters. The summed E-state index contributed by atoms with van der Waals surface area (Å²) in [6.07, 6.45) is 4.11. The van der Waals surface area contributed by atoms with Crippen molar-refractivity contribution < 1.29 is 14.3 Å². The van der Waals surface area contributed by atoms with Gasteiger partial charge in [0, 0.05) is 11.9 Å². The molecule has 0 spiro atoms. The van der Waals surface area contributed by atoms with Crippen LogP contribution in [0.1, 0.15) is 25.5 Å². The maximum atomic E-state index is 13.2. The fraction of sp³-hybridized carbons (Fsp3) is 0.292. The number of benzene rings is 2. The van der Waals surface area contributed by atoms with Crippen LogP contribution in [-0.2, 0) is 9.59 Å². The van der Waals surface area contributed by atoms with Gasteiger partial charge in [0.25, 0.3) is 5.91 Å². The molecule has 0 aromatic heterocycles. The molecule has 8 heteroatoms. The number of carbonyl (C=O) groups excluding carboxylic acids is 2. The molecule has 0 bridgehead atoms. The minimum Gasteiger partial charge on any atom is -0.497 e. The summed E-state index contributed by atoms with van der Waals surface area (Å²) < 4.78 is 5.21. The Kier molecular flexibility index (Phi) is 8.77. The van der Waals surface area contributed by atoms with Gasteiger partial charge < -0.3 is 26.1 Å². The average Bonchev–Trinajstić information content (AvgIpc) is 2.77. The minimum atomic E-state index is -0.992. The molecule has 0 aliphatic carbocycles. The normalized spacial score (nSPS) is 12.3. The number of allylic oxidation sites excluding steroid dienone is 1. The number of hydrogen-bond donors (Lipinski definition) is 4. The third-order valence-corrected chi connectivity index (χ3v) is 6.75. The van der Waals surface area contributed by atoms with Crippen molar-refractivity contribution in [1.29, 1.82) is 5.41 Å². The van der Waals surface area contributed by atoms with E-state index in [0.717, 1.165) is 6.21 Å². The van der Waals surface area contributed by atoms with E-state index in [1.165, 1.54) is 17.5 Å². The molecule has 0 heterocycles. The van der Waals surface area contributed by atoms with Crippen LogP contribution in [0.15, 0.2) is 60.8 Å². The molecule has 2 aromatic carbocycles. The van der Waals surface area contributed by atoms with Crippen LogP contribution in [0.3, 0.4) is 0 Å². The van der Waals surface area contributed by atoms with Crippen molar-refractivity contribution in [2.45, 2.75) is 38.5 Å². The van der Waals surface area contributed by atoms with Gasteiger partial charge in [-0.15, -0.1) is 0 Å². The van der Waals surface area contributed by atoms with Crippen molar-refractivity contribution in [3.8, 4) is 5.75 Å². The summed E-state index contributed by atoms with van der Waals surface area (Å²) in [4.78, 5) is 26.2. The Morgan fingerprint density at radius 3 is 2.22 bits per heavy atom. The lowest BCUT2D eigenvalue weighted by molar-refractivity contribution is -0.130. The van der Waals surface area contributed by atoms with Crippen molar-refractivity contribution in [3.63, 3.8) is 0 Å². The zero-order valence-electron chi connectivity index (χ0n) is 19.2. The number of methoxy groups -OCH3 is 1. The predicted octanol–water partition coefficient (Wildman–Crippen LogP) is 2.72. The quantitative estimate of drug-likeness (QED) is 0.329. The van der Waals surface area contributed by atoms with E-state index in [0.29, 0.717) is 17.0 Å². The molecule has 0 aliphatic rings. The number of hydrogen-bond acceptors (Lipinski definition) is 5. The second-order valence-corrected chi connectivity index (χ2v) is 11.2. The summed E-state index contributed by atoms with van der Waals surface area (Å²) >= 11 is 0. The van der Waals surface area contributed by atoms with Gasteiger partial charge >= 0.3 is 0 Å². The maximum Gasteiger partial charge on any atom is 0.251 e. The molecule has 170 valence electrons. The second-order valence-electron chi connectivity index (χ2n) is 8.24. The zero-order valence-corrected chi connectivity index (χ0v) is 20.4. The fourth-order valence-corrected chi connectivity index (χ4v) is 3.91. The largest absolute Gasteiger partial charge is 0.497 e. The van der Waals surface area contributed by atoms with Gasteiger partial charge in [-0.05, 0) is 56.0 Å². The van der Waals surface area contributed by atoms with E-state index in [-0.39, 0.29) is 11.8 Å². The predicted molar refractivity (Wildman–Crippen MR) is 133 cm³/mol. The van der Waals surface area contributed by atoms with Crippen LogP contribution in [0, 0.1) is 5.41 Å². The molecule has 2 amide bonds. The molecule has 0 saturated carbocycles. The van der Waals surface area contributed by atoms with Crippen molar-refractivity contribution >= 4 is 37.7 Å². The van der Waals surface area contributed by atoms with Gasteiger partial charge in [0.1, 0.15) is 17.3 Å². The molecule has 1 atom stereocenters. The van der Waals surface area contributed by atoms with Crippen LogP contribution >= 0.6 is 0 Å². The first kappa shape index (κ1) is 24.9. The molecule has 7 nitrogen and oxygen atoms in total. The first-order chi connectivity index (χ1) is 15.2. The van der Waals surface area contributed by atoms with Gasteiger partial charge in [-0.1, -0.05) is 42.5 Å². The molecule has 0 fully saturated rings. The Balaban J connectivity index is 2.26. The summed E-state index contributed by atoms with van der Waals surface area (Å²) in [6.45, 7) is 7.90. The van der Waals surface area contributed by atoms with E-state index < -0.39 is 20.4 Å². The molecular formula is C24H32N4O3Si. The Hall–Kier alpha value is -3.39. The lowest BCUT2D eigenvalue weighted by Gasteiger charge is -2.27. The molecule has 0 aliphatic heterocycles. The standard InChI is InChI=1S/C24H32N4O3Si/c1-24(2,26-16-6-15-25)23(30)28-21(17-7-11-19(31-3)12-8-17)22(29)27-18-9-13-20(14-10-18)32(4)5/h6-16,21,25-26,32H,1-5H3,(H,27,29)(H,28,30)/b16-6-,25-15?. The van der Waals surface area contributed by atoms with Gasteiger partial charge in [-0.2, -0.15) is 0 Å². The van der Waals surface area contributed by atoms with Crippen molar-refractivity contribution in [2.75, 3.05) is 12.4 Å².